The maximum Gasteiger partial charge on any atom is 0.298 e. The van der Waals surface area contributed by atoms with E-state index in [1.165, 1.54) is 7.11 Å². The zero-order chi connectivity index (χ0) is 16.8. The standard InChI is InChI=1S/C17H19ClN2O3/c1-3-5-16(21)20-9-4-6-13(11-20)19-17(22)14-10-12(18)7-8-15(14)23-2/h7-8,10,13H,4,6,9,11H2,1-2H3,(H,19,22). The van der Waals surface area contributed by atoms with Gasteiger partial charge >= 0.3 is 0 Å². The first-order valence-corrected chi connectivity index (χ1v) is 7.79. The van der Waals surface area contributed by atoms with Crippen molar-refractivity contribution in [1.82, 2.24) is 10.2 Å². The first-order valence-electron chi connectivity index (χ1n) is 7.41. The van der Waals surface area contributed by atoms with Gasteiger partial charge in [0.25, 0.3) is 11.8 Å². The number of methoxy groups -OCH3 is 1. The largest absolute Gasteiger partial charge is 0.496 e. The first-order chi connectivity index (χ1) is 11.0. The maximum atomic E-state index is 12.5. The highest BCUT2D eigenvalue weighted by atomic mass is 35.5. The highest BCUT2D eigenvalue weighted by Crippen LogP contribution is 2.23. The Hall–Kier alpha value is -2.19. The molecule has 1 saturated heterocycles. The van der Waals surface area contributed by atoms with E-state index in [2.05, 4.69) is 17.2 Å². The van der Waals surface area contributed by atoms with Crippen molar-refractivity contribution in [3.8, 4) is 17.6 Å². The van der Waals surface area contributed by atoms with E-state index in [1.807, 2.05) is 0 Å². The van der Waals surface area contributed by atoms with Crippen LogP contribution in [0.2, 0.25) is 5.02 Å². The monoisotopic (exact) mass is 334 g/mol. The summed E-state index contributed by atoms with van der Waals surface area (Å²) < 4.78 is 5.20. The van der Waals surface area contributed by atoms with Crippen molar-refractivity contribution in [3.05, 3.63) is 28.8 Å². The summed E-state index contributed by atoms with van der Waals surface area (Å²) >= 11 is 5.96. The predicted molar refractivity (Wildman–Crippen MR) is 88.5 cm³/mol. The Morgan fingerprint density at radius 3 is 2.91 bits per heavy atom. The minimum atomic E-state index is -0.259. The Balaban J connectivity index is 2.06. The molecule has 1 unspecified atom stereocenters. The summed E-state index contributed by atoms with van der Waals surface area (Å²) in [4.78, 5) is 26.0. The summed E-state index contributed by atoms with van der Waals surface area (Å²) in [5.74, 6) is 5.15. The molecule has 1 aliphatic rings. The molecule has 0 bridgehead atoms. The van der Waals surface area contributed by atoms with Crippen LogP contribution in [-0.4, -0.2) is 43.0 Å². The highest BCUT2D eigenvalue weighted by Gasteiger charge is 2.25. The smallest absolute Gasteiger partial charge is 0.298 e. The third-order valence-electron chi connectivity index (χ3n) is 3.68. The average Bonchev–Trinajstić information content (AvgIpc) is 2.55. The van der Waals surface area contributed by atoms with E-state index < -0.39 is 0 Å². The van der Waals surface area contributed by atoms with E-state index in [4.69, 9.17) is 16.3 Å². The van der Waals surface area contributed by atoms with Crippen molar-refractivity contribution < 1.29 is 14.3 Å². The molecule has 122 valence electrons. The van der Waals surface area contributed by atoms with Gasteiger partial charge in [0.15, 0.2) is 0 Å². The second kappa shape index (κ2) is 7.89. The maximum absolute atomic E-state index is 12.5. The van der Waals surface area contributed by atoms with Gasteiger partial charge in [0.05, 0.1) is 12.7 Å². The Morgan fingerprint density at radius 1 is 1.43 bits per heavy atom. The molecule has 1 atom stereocenters. The third kappa shape index (κ3) is 4.40. The van der Waals surface area contributed by atoms with Crippen LogP contribution in [0.25, 0.3) is 0 Å². The minimum Gasteiger partial charge on any atom is -0.496 e. The van der Waals surface area contributed by atoms with Gasteiger partial charge in [0, 0.05) is 24.2 Å². The summed E-state index contributed by atoms with van der Waals surface area (Å²) in [6.45, 7) is 2.76. The number of halogens is 1. The van der Waals surface area contributed by atoms with Gasteiger partial charge in [-0.1, -0.05) is 17.5 Å². The molecule has 2 rings (SSSR count). The lowest BCUT2D eigenvalue weighted by Gasteiger charge is -2.32. The van der Waals surface area contributed by atoms with Crippen LogP contribution >= 0.6 is 11.6 Å². The van der Waals surface area contributed by atoms with E-state index in [1.54, 1.807) is 30.0 Å². The molecule has 5 nitrogen and oxygen atoms in total. The van der Waals surface area contributed by atoms with Gasteiger partial charge in [-0.2, -0.15) is 0 Å². The molecule has 0 spiro atoms. The van der Waals surface area contributed by atoms with Crippen molar-refractivity contribution in [2.24, 2.45) is 0 Å². The normalized spacial score (nSPS) is 17.0. The zero-order valence-corrected chi connectivity index (χ0v) is 13.9. The molecule has 1 heterocycles. The molecular formula is C17H19ClN2O3. The second-order valence-electron chi connectivity index (χ2n) is 5.28. The number of rotatable bonds is 3. The van der Waals surface area contributed by atoms with Gasteiger partial charge in [-0.3, -0.25) is 9.59 Å². The summed E-state index contributed by atoms with van der Waals surface area (Å²) in [5.41, 5.74) is 0.386. The van der Waals surface area contributed by atoms with E-state index >= 15 is 0 Å². The van der Waals surface area contributed by atoms with Crippen LogP contribution in [0.1, 0.15) is 30.1 Å². The van der Waals surface area contributed by atoms with Gasteiger partial charge in [-0.25, -0.2) is 0 Å². The van der Waals surface area contributed by atoms with Crippen molar-refractivity contribution in [1.29, 1.82) is 0 Å². The van der Waals surface area contributed by atoms with Crippen LogP contribution in [0.15, 0.2) is 18.2 Å². The number of hydrogen-bond donors (Lipinski definition) is 1. The van der Waals surface area contributed by atoms with Gasteiger partial charge < -0.3 is 15.0 Å². The van der Waals surface area contributed by atoms with Crippen LogP contribution in [-0.2, 0) is 4.79 Å². The molecular weight excluding hydrogens is 316 g/mol. The lowest BCUT2D eigenvalue weighted by atomic mass is 10.0. The first kappa shape index (κ1) is 17.2. The molecule has 1 N–H and O–H groups in total. The van der Waals surface area contributed by atoms with Gasteiger partial charge in [0.2, 0.25) is 0 Å². The molecule has 6 heteroatoms. The van der Waals surface area contributed by atoms with E-state index in [0.717, 1.165) is 12.8 Å². The summed E-state index contributed by atoms with van der Waals surface area (Å²) in [6, 6.07) is 4.79. The molecule has 23 heavy (non-hydrogen) atoms. The van der Waals surface area contributed by atoms with E-state index in [-0.39, 0.29) is 17.9 Å². The molecule has 1 aromatic rings. The third-order valence-corrected chi connectivity index (χ3v) is 3.92. The molecule has 0 aromatic heterocycles. The summed E-state index contributed by atoms with van der Waals surface area (Å²) in [6.07, 6.45) is 1.65. The SMILES string of the molecule is CC#CC(=O)N1CCCC(NC(=O)c2cc(Cl)ccc2OC)C1. The van der Waals surface area contributed by atoms with E-state index in [9.17, 15) is 9.59 Å². The van der Waals surface area contributed by atoms with Crippen molar-refractivity contribution in [3.63, 3.8) is 0 Å². The lowest BCUT2D eigenvalue weighted by Crippen LogP contribution is -2.49. The number of benzene rings is 1. The number of likely N-dealkylation sites (tertiary alicyclic amines) is 1. The number of nitrogens with zero attached hydrogens (tertiary/aromatic N) is 1. The van der Waals surface area contributed by atoms with Crippen molar-refractivity contribution >= 4 is 23.4 Å². The predicted octanol–water partition coefficient (Wildman–Crippen LogP) is 2.09. The Bertz CT molecular complexity index is 664. The number of ether oxygens (including phenoxy) is 1. The fraction of sp³-hybridized carbons (Fsp3) is 0.412. The Kier molecular flexibility index (Phi) is 5.89. The zero-order valence-electron chi connectivity index (χ0n) is 13.2. The fourth-order valence-electron chi connectivity index (χ4n) is 2.59. The van der Waals surface area contributed by atoms with Gasteiger partial charge in [-0.05, 0) is 43.9 Å². The number of nitrogens with one attached hydrogen (secondary N) is 1. The molecule has 1 aliphatic heterocycles. The molecule has 0 aliphatic carbocycles. The molecule has 1 fully saturated rings. The van der Waals surface area contributed by atoms with Crippen molar-refractivity contribution in [2.45, 2.75) is 25.8 Å². The van der Waals surface area contributed by atoms with Crippen LogP contribution in [0, 0.1) is 11.8 Å². The van der Waals surface area contributed by atoms with Crippen LogP contribution < -0.4 is 10.1 Å². The average molecular weight is 335 g/mol. The van der Waals surface area contributed by atoms with Crippen LogP contribution in [0.4, 0.5) is 0 Å². The van der Waals surface area contributed by atoms with Crippen LogP contribution in [0.5, 0.6) is 5.75 Å². The van der Waals surface area contributed by atoms with E-state index in [0.29, 0.717) is 29.4 Å². The van der Waals surface area contributed by atoms with Gasteiger partial charge in [0.1, 0.15) is 5.75 Å². The fourth-order valence-corrected chi connectivity index (χ4v) is 2.76. The number of carbonyl (C=O) groups excluding carboxylic acids is 2. The molecule has 1 aromatic carbocycles. The van der Waals surface area contributed by atoms with Crippen LogP contribution in [0.3, 0.4) is 0 Å². The Morgan fingerprint density at radius 2 is 2.22 bits per heavy atom. The molecule has 2 amide bonds. The highest BCUT2D eigenvalue weighted by molar-refractivity contribution is 6.31. The second-order valence-corrected chi connectivity index (χ2v) is 5.72. The lowest BCUT2D eigenvalue weighted by molar-refractivity contribution is -0.126. The number of piperidine rings is 1. The van der Waals surface area contributed by atoms with Crippen molar-refractivity contribution in [2.75, 3.05) is 20.2 Å². The van der Waals surface area contributed by atoms with Gasteiger partial charge in [-0.15, -0.1) is 0 Å². The topological polar surface area (TPSA) is 58.6 Å². The number of carbonyl (C=O) groups is 2. The number of amides is 2. The quantitative estimate of drug-likeness (QED) is 0.861. The summed E-state index contributed by atoms with van der Waals surface area (Å²) in [5, 5.41) is 3.41. The summed E-state index contributed by atoms with van der Waals surface area (Å²) in [7, 11) is 1.50. The minimum absolute atomic E-state index is 0.109. The number of hydrogen-bond acceptors (Lipinski definition) is 3. The molecule has 0 radical (unpaired) electrons. The molecule has 0 saturated carbocycles. The Labute approximate surface area is 140 Å².